The van der Waals surface area contributed by atoms with E-state index in [1.54, 1.807) is 24.0 Å². The van der Waals surface area contributed by atoms with Crippen molar-refractivity contribution in [2.75, 3.05) is 44.2 Å². The fourth-order valence-corrected chi connectivity index (χ4v) is 3.10. The van der Waals surface area contributed by atoms with Gasteiger partial charge in [0.25, 0.3) is 5.91 Å². The van der Waals surface area contributed by atoms with Gasteiger partial charge in [-0.3, -0.25) is 4.79 Å². The predicted molar refractivity (Wildman–Crippen MR) is 107 cm³/mol. The minimum atomic E-state index is -0.407. The Morgan fingerprint density at radius 3 is 2.32 bits per heavy atom. The van der Waals surface area contributed by atoms with Gasteiger partial charge in [0, 0.05) is 50.5 Å². The lowest BCUT2D eigenvalue weighted by molar-refractivity contribution is 0.0953. The molecule has 6 nitrogen and oxygen atoms in total. The number of benzene rings is 2. The number of nitrogens with zero attached hydrogens (tertiary/aromatic N) is 2. The van der Waals surface area contributed by atoms with Gasteiger partial charge < -0.3 is 20.4 Å². The van der Waals surface area contributed by atoms with Crippen molar-refractivity contribution < 1.29 is 14.0 Å². The lowest BCUT2D eigenvalue weighted by Crippen LogP contribution is -2.52. The summed E-state index contributed by atoms with van der Waals surface area (Å²) in [5, 5.41) is 5.50. The zero-order chi connectivity index (χ0) is 19.9. The number of hydrogen-bond acceptors (Lipinski definition) is 3. The highest BCUT2D eigenvalue weighted by Gasteiger charge is 2.20. The minimum absolute atomic E-state index is 0.136. The third-order valence-electron chi connectivity index (χ3n) is 4.81. The van der Waals surface area contributed by atoms with Crippen molar-refractivity contribution in [2.45, 2.75) is 6.92 Å². The Kier molecular flexibility index (Phi) is 6.47. The molecular formula is C21H25FN4O2. The number of piperazine rings is 1. The average molecular weight is 384 g/mol. The summed E-state index contributed by atoms with van der Waals surface area (Å²) in [6.07, 6.45) is 0. The number of rotatable bonds is 5. The topological polar surface area (TPSA) is 64.7 Å². The lowest BCUT2D eigenvalue weighted by Gasteiger charge is -2.36. The lowest BCUT2D eigenvalue weighted by atomic mass is 10.1. The minimum Gasteiger partial charge on any atom is -0.368 e. The van der Waals surface area contributed by atoms with Gasteiger partial charge in [0.2, 0.25) is 0 Å². The summed E-state index contributed by atoms with van der Waals surface area (Å²) in [6, 6.07) is 14.4. The van der Waals surface area contributed by atoms with E-state index in [2.05, 4.69) is 27.7 Å². The monoisotopic (exact) mass is 384 g/mol. The molecule has 0 aliphatic carbocycles. The second kappa shape index (κ2) is 9.21. The zero-order valence-corrected chi connectivity index (χ0v) is 16.0. The Morgan fingerprint density at radius 2 is 1.64 bits per heavy atom. The van der Waals surface area contributed by atoms with E-state index in [4.69, 9.17) is 0 Å². The number of anilines is 1. The van der Waals surface area contributed by atoms with Crippen LogP contribution in [0, 0.1) is 12.7 Å². The van der Waals surface area contributed by atoms with Crippen LogP contribution in [-0.2, 0) is 0 Å². The molecule has 1 heterocycles. The average Bonchev–Trinajstić information content (AvgIpc) is 2.73. The maximum Gasteiger partial charge on any atom is 0.317 e. The van der Waals surface area contributed by atoms with Crippen LogP contribution in [-0.4, -0.2) is 56.1 Å². The van der Waals surface area contributed by atoms with E-state index in [0.717, 1.165) is 18.8 Å². The number of hydrogen-bond donors (Lipinski definition) is 2. The number of para-hydroxylation sites is 1. The van der Waals surface area contributed by atoms with Gasteiger partial charge in [-0.1, -0.05) is 24.3 Å². The smallest absolute Gasteiger partial charge is 0.317 e. The van der Waals surface area contributed by atoms with Crippen LogP contribution < -0.4 is 15.5 Å². The highest BCUT2D eigenvalue weighted by Crippen LogP contribution is 2.15. The van der Waals surface area contributed by atoms with Crippen molar-refractivity contribution in [3.8, 4) is 0 Å². The number of halogens is 1. The molecule has 0 aromatic heterocycles. The third-order valence-corrected chi connectivity index (χ3v) is 4.81. The first-order chi connectivity index (χ1) is 13.5. The van der Waals surface area contributed by atoms with E-state index in [9.17, 15) is 14.0 Å². The van der Waals surface area contributed by atoms with E-state index in [-0.39, 0.29) is 24.0 Å². The maximum absolute atomic E-state index is 13.5. The van der Waals surface area contributed by atoms with Crippen molar-refractivity contribution in [3.05, 3.63) is 65.5 Å². The molecule has 1 aliphatic rings. The van der Waals surface area contributed by atoms with Crippen LogP contribution in [0.5, 0.6) is 0 Å². The van der Waals surface area contributed by atoms with Gasteiger partial charge in [-0.25, -0.2) is 9.18 Å². The van der Waals surface area contributed by atoms with Crippen molar-refractivity contribution in [1.29, 1.82) is 0 Å². The number of amides is 3. The molecule has 28 heavy (non-hydrogen) atoms. The molecule has 1 fully saturated rings. The van der Waals surface area contributed by atoms with Crippen LogP contribution in [0.4, 0.5) is 14.9 Å². The largest absolute Gasteiger partial charge is 0.368 e. The van der Waals surface area contributed by atoms with Crippen molar-refractivity contribution in [2.24, 2.45) is 0 Å². The van der Waals surface area contributed by atoms with E-state index < -0.39 is 5.82 Å². The molecule has 3 rings (SSSR count). The number of urea groups is 1. The highest BCUT2D eigenvalue weighted by atomic mass is 19.1. The standard InChI is InChI=1S/C21H25FN4O2/c1-16-7-8-17(15-19(16)22)20(27)23-9-10-24-21(28)26-13-11-25(12-14-26)18-5-3-2-4-6-18/h2-8,15H,9-14H2,1H3,(H,23,27)(H,24,28). The van der Waals surface area contributed by atoms with Gasteiger partial charge in [0.1, 0.15) is 5.82 Å². The Bertz CT molecular complexity index is 820. The summed E-state index contributed by atoms with van der Waals surface area (Å²) in [7, 11) is 0. The van der Waals surface area contributed by atoms with Crippen LogP contribution in [0.3, 0.4) is 0 Å². The molecule has 2 aromatic carbocycles. The molecule has 148 valence electrons. The number of aryl methyl sites for hydroxylation is 1. The molecule has 2 N–H and O–H groups in total. The molecule has 1 saturated heterocycles. The fraction of sp³-hybridized carbons (Fsp3) is 0.333. The second-order valence-corrected chi connectivity index (χ2v) is 6.76. The molecular weight excluding hydrogens is 359 g/mol. The molecule has 0 atom stereocenters. The molecule has 0 spiro atoms. The van der Waals surface area contributed by atoms with Gasteiger partial charge in [0.05, 0.1) is 0 Å². The number of carbonyl (C=O) groups excluding carboxylic acids is 2. The molecule has 0 saturated carbocycles. The van der Waals surface area contributed by atoms with E-state index >= 15 is 0 Å². The summed E-state index contributed by atoms with van der Waals surface area (Å²) in [5.41, 5.74) is 1.93. The molecule has 0 radical (unpaired) electrons. The predicted octanol–water partition coefficient (Wildman–Crippen LogP) is 2.40. The van der Waals surface area contributed by atoms with Crippen LogP contribution in [0.15, 0.2) is 48.5 Å². The van der Waals surface area contributed by atoms with Gasteiger partial charge in [-0.2, -0.15) is 0 Å². The van der Waals surface area contributed by atoms with Gasteiger partial charge >= 0.3 is 6.03 Å². The highest BCUT2D eigenvalue weighted by molar-refractivity contribution is 5.94. The molecule has 7 heteroatoms. The SMILES string of the molecule is Cc1ccc(C(=O)NCCNC(=O)N2CCN(c3ccccc3)CC2)cc1F. The number of nitrogens with one attached hydrogen (secondary N) is 2. The van der Waals surface area contributed by atoms with Gasteiger partial charge in [-0.05, 0) is 36.8 Å². The maximum atomic E-state index is 13.5. The van der Waals surface area contributed by atoms with Crippen LogP contribution in [0.2, 0.25) is 0 Å². The first kappa shape index (κ1) is 19.7. The summed E-state index contributed by atoms with van der Waals surface area (Å²) in [6.45, 7) is 5.11. The summed E-state index contributed by atoms with van der Waals surface area (Å²) >= 11 is 0. The Labute approximate surface area is 164 Å². The molecule has 2 aromatic rings. The molecule has 0 bridgehead atoms. The number of carbonyl (C=O) groups is 2. The van der Waals surface area contributed by atoms with E-state index in [1.165, 1.54) is 6.07 Å². The molecule has 1 aliphatic heterocycles. The summed E-state index contributed by atoms with van der Waals surface area (Å²) in [5.74, 6) is -0.764. The van der Waals surface area contributed by atoms with Gasteiger partial charge in [0.15, 0.2) is 0 Å². The quantitative estimate of drug-likeness (QED) is 0.778. The van der Waals surface area contributed by atoms with Crippen molar-refractivity contribution in [1.82, 2.24) is 15.5 Å². The summed E-state index contributed by atoms with van der Waals surface area (Å²) in [4.78, 5) is 28.3. The van der Waals surface area contributed by atoms with E-state index in [1.807, 2.05) is 18.2 Å². The van der Waals surface area contributed by atoms with Crippen LogP contribution in [0.25, 0.3) is 0 Å². The third kappa shape index (κ3) is 5.00. The Morgan fingerprint density at radius 1 is 0.964 bits per heavy atom. The Hall–Kier alpha value is -3.09. The first-order valence-corrected chi connectivity index (χ1v) is 9.42. The van der Waals surface area contributed by atoms with Crippen LogP contribution >= 0.6 is 0 Å². The van der Waals surface area contributed by atoms with Crippen molar-refractivity contribution >= 4 is 17.6 Å². The molecule has 0 unspecified atom stereocenters. The normalized spacial score (nSPS) is 13.9. The zero-order valence-electron chi connectivity index (χ0n) is 16.0. The Balaban J connectivity index is 1.37. The second-order valence-electron chi connectivity index (χ2n) is 6.76. The first-order valence-electron chi connectivity index (χ1n) is 9.42. The molecule has 3 amide bonds. The van der Waals surface area contributed by atoms with E-state index in [0.29, 0.717) is 25.2 Å². The van der Waals surface area contributed by atoms with Crippen LogP contribution in [0.1, 0.15) is 15.9 Å². The van der Waals surface area contributed by atoms with Crippen molar-refractivity contribution in [3.63, 3.8) is 0 Å². The van der Waals surface area contributed by atoms with Gasteiger partial charge in [-0.15, -0.1) is 0 Å². The fourth-order valence-electron chi connectivity index (χ4n) is 3.10. The summed E-state index contributed by atoms with van der Waals surface area (Å²) < 4.78 is 13.5.